The summed E-state index contributed by atoms with van der Waals surface area (Å²) < 4.78 is 0. The molecule has 0 amide bonds. The number of nitrogens with zero attached hydrogens (tertiary/aromatic N) is 4. The Morgan fingerprint density at radius 2 is 2.11 bits per heavy atom. The zero-order valence-electron chi connectivity index (χ0n) is 11.6. The molecule has 1 fully saturated rings. The lowest BCUT2D eigenvalue weighted by Gasteiger charge is -2.36. The number of anilines is 1. The molecule has 2 N–H and O–H groups in total. The Bertz CT molecular complexity index is 406. The van der Waals surface area contributed by atoms with Gasteiger partial charge in [0.15, 0.2) is 0 Å². The fourth-order valence-corrected chi connectivity index (χ4v) is 2.36. The second-order valence-corrected chi connectivity index (χ2v) is 5.15. The van der Waals surface area contributed by atoms with Gasteiger partial charge in [0.2, 0.25) is 0 Å². The van der Waals surface area contributed by atoms with Crippen LogP contribution < -0.4 is 5.73 Å². The van der Waals surface area contributed by atoms with Crippen molar-refractivity contribution in [2.75, 3.05) is 39.5 Å². The Balaban J connectivity index is 2.25. The summed E-state index contributed by atoms with van der Waals surface area (Å²) in [7, 11) is 4.27. The molecule has 0 bridgehead atoms. The number of aromatic nitrogens is 2. The Kier molecular flexibility index (Phi) is 4.14. The van der Waals surface area contributed by atoms with Crippen molar-refractivity contribution in [1.29, 1.82) is 0 Å². The van der Waals surface area contributed by atoms with Crippen molar-refractivity contribution in [3.63, 3.8) is 0 Å². The molecule has 1 atom stereocenters. The van der Waals surface area contributed by atoms with Crippen LogP contribution >= 0.6 is 0 Å². The van der Waals surface area contributed by atoms with E-state index in [9.17, 15) is 0 Å². The van der Waals surface area contributed by atoms with E-state index < -0.39 is 0 Å². The molecular formula is C13H23N5. The first kappa shape index (κ1) is 13.2. The summed E-state index contributed by atoms with van der Waals surface area (Å²) in [6.45, 7) is 5.25. The second-order valence-electron chi connectivity index (χ2n) is 5.15. The van der Waals surface area contributed by atoms with E-state index in [1.54, 1.807) is 0 Å². The fraction of sp³-hybridized carbons (Fsp3) is 0.692. The highest BCUT2D eigenvalue weighted by atomic mass is 15.3. The molecule has 0 aliphatic carbocycles. The average Bonchev–Trinajstić information content (AvgIpc) is 2.32. The monoisotopic (exact) mass is 249 g/mol. The Morgan fingerprint density at radius 1 is 1.33 bits per heavy atom. The van der Waals surface area contributed by atoms with Crippen LogP contribution in [-0.4, -0.2) is 53.5 Å². The Morgan fingerprint density at radius 3 is 2.83 bits per heavy atom. The number of nitrogens with two attached hydrogens (primary N) is 1. The molecular weight excluding hydrogens is 226 g/mol. The summed E-state index contributed by atoms with van der Waals surface area (Å²) in [5.74, 6) is 1.46. The molecule has 1 saturated heterocycles. The highest BCUT2D eigenvalue weighted by Gasteiger charge is 2.26. The third kappa shape index (κ3) is 2.97. The molecule has 100 valence electrons. The smallest absolute Gasteiger partial charge is 0.149 e. The van der Waals surface area contributed by atoms with Crippen LogP contribution in [0.25, 0.3) is 0 Å². The Hall–Kier alpha value is -1.20. The SMILES string of the molecule is CCCc1cc(N)nc(C2CN(C)CCN2C)n1. The van der Waals surface area contributed by atoms with Crippen LogP contribution in [0.4, 0.5) is 5.82 Å². The lowest BCUT2D eigenvalue weighted by Crippen LogP contribution is -2.45. The fourth-order valence-electron chi connectivity index (χ4n) is 2.36. The van der Waals surface area contributed by atoms with Crippen molar-refractivity contribution >= 4 is 5.82 Å². The van der Waals surface area contributed by atoms with E-state index in [4.69, 9.17) is 5.73 Å². The van der Waals surface area contributed by atoms with Gasteiger partial charge >= 0.3 is 0 Å². The van der Waals surface area contributed by atoms with Gasteiger partial charge in [-0.1, -0.05) is 13.3 Å². The summed E-state index contributed by atoms with van der Waals surface area (Å²) in [4.78, 5) is 13.7. The molecule has 1 unspecified atom stereocenters. The standard InChI is InChI=1S/C13H23N5/c1-4-5-10-8-12(14)16-13(15-10)11-9-17(2)6-7-18(11)3/h8,11H,4-7,9H2,1-3H3,(H2,14,15,16). The van der Waals surface area contributed by atoms with E-state index in [-0.39, 0.29) is 6.04 Å². The summed E-state index contributed by atoms with van der Waals surface area (Å²) >= 11 is 0. The van der Waals surface area contributed by atoms with Gasteiger partial charge in [0.25, 0.3) is 0 Å². The number of nitrogen functional groups attached to an aromatic ring is 1. The highest BCUT2D eigenvalue weighted by molar-refractivity contribution is 5.30. The van der Waals surface area contributed by atoms with Crippen LogP contribution in [0.5, 0.6) is 0 Å². The molecule has 1 aromatic heterocycles. The number of hydrogen-bond donors (Lipinski definition) is 1. The van der Waals surface area contributed by atoms with E-state index in [1.807, 2.05) is 6.07 Å². The maximum absolute atomic E-state index is 5.89. The largest absolute Gasteiger partial charge is 0.384 e. The van der Waals surface area contributed by atoms with Gasteiger partial charge < -0.3 is 10.6 Å². The van der Waals surface area contributed by atoms with Crippen molar-refractivity contribution in [1.82, 2.24) is 19.8 Å². The van der Waals surface area contributed by atoms with Gasteiger partial charge in [-0.3, -0.25) is 4.90 Å². The predicted octanol–water partition coefficient (Wildman–Crippen LogP) is 0.930. The molecule has 1 aliphatic heterocycles. The third-order valence-corrected chi connectivity index (χ3v) is 3.47. The van der Waals surface area contributed by atoms with Crippen molar-refractivity contribution in [3.05, 3.63) is 17.6 Å². The molecule has 1 aliphatic rings. The number of likely N-dealkylation sites (N-methyl/N-ethyl adjacent to an activating group) is 2. The summed E-state index contributed by atoms with van der Waals surface area (Å²) in [6.07, 6.45) is 2.04. The molecule has 0 aromatic carbocycles. The third-order valence-electron chi connectivity index (χ3n) is 3.47. The molecule has 5 nitrogen and oxygen atoms in total. The van der Waals surface area contributed by atoms with E-state index in [0.29, 0.717) is 5.82 Å². The molecule has 0 saturated carbocycles. The highest BCUT2D eigenvalue weighted by Crippen LogP contribution is 2.21. The summed E-state index contributed by atoms with van der Waals surface area (Å²) in [5.41, 5.74) is 6.95. The topological polar surface area (TPSA) is 58.3 Å². The predicted molar refractivity (Wildman–Crippen MR) is 73.3 cm³/mol. The number of aryl methyl sites for hydroxylation is 1. The number of hydrogen-bond acceptors (Lipinski definition) is 5. The molecule has 1 aromatic rings. The van der Waals surface area contributed by atoms with Crippen LogP contribution in [-0.2, 0) is 6.42 Å². The van der Waals surface area contributed by atoms with Crippen molar-refractivity contribution in [2.45, 2.75) is 25.8 Å². The first-order valence-electron chi connectivity index (χ1n) is 6.62. The van der Waals surface area contributed by atoms with E-state index >= 15 is 0 Å². The molecule has 0 spiro atoms. The van der Waals surface area contributed by atoms with Gasteiger partial charge in [-0.15, -0.1) is 0 Å². The normalized spacial score (nSPS) is 22.3. The van der Waals surface area contributed by atoms with Crippen LogP contribution in [0.2, 0.25) is 0 Å². The molecule has 5 heteroatoms. The van der Waals surface area contributed by atoms with E-state index in [2.05, 4.69) is 40.8 Å². The number of piperazine rings is 1. The summed E-state index contributed by atoms with van der Waals surface area (Å²) in [5, 5.41) is 0. The zero-order chi connectivity index (χ0) is 13.1. The molecule has 18 heavy (non-hydrogen) atoms. The Labute approximate surface area is 109 Å². The van der Waals surface area contributed by atoms with Crippen molar-refractivity contribution < 1.29 is 0 Å². The van der Waals surface area contributed by atoms with Gasteiger partial charge in [0.1, 0.15) is 11.6 Å². The van der Waals surface area contributed by atoms with Gasteiger partial charge in [-0.25, -0.2) is 9.97 Å². The molecule has 2 heterocycles. The number of rotatable bonds is 3. The van der Waals surface area contributed by atoms with Gasteiger partial charge in [-0.2, -0.15) is 0 Å². The maximum Gasteiger partial charge on any atom is 0.149 e. The lowest BCUT2D eigenvalue weighted by molar-refractivity contribution is 0.109. The minimum Gasteiger partial charge on any atom is -0.384 e. The van der Waals surface area contributed by atoms with Crippen LogP contribution in [0, 0.1) is 0 Å². The van der Waals surface area contributed by atoms with Gasteiger partial charge in [0, 0.05) is 31.4 Å². The van der Waals surface area contributed by atoms with E-state index in [1.165, 1.54) is 0 Å². The summed E-state index contributed by atoms with van der Waals surface area (Å²) in [6, 6.07) is 2.14. The van der Waals surface area contributed by atoms with Gasteiger partial charge in [0.05, 0.1) is 6.04 Å². The maximum atomic E-state index is 5.89. The minimum atomic E-state index is 0.253. The molecule has 2 rings (SSSR count). The lowest BCUT2D eigenvalue weighted by atomic mass is 10.1. The average molecular weight is 249 g/mol. The van der Waals surface area contributed by atoms with Crippen molar-refractivity contribution in [3.8, 4) is 0 Å². The second kappa shape index (κ2) is 5.63. The van der Waals surface area contributed by atoms with Crippen LogP contribution in [0.15, 0.2) is 6.07 Å². The van der Waals surface area contributed by atoms with E-state index in [0.717, 1.165) is 44.0 Å². The minimum absolute atomic E-state index is 0.253. The first-order chi connectivity index (χ1) is 8.60. The van der Waals surface area contributed by atoms with Crippen LogP contribution in [0.1, 0.15) is 30.9 Å². The van der Waals surface area contributed by atoms with Crippen molar-refractivity contribution in [2.24, 2.45) is 0 Å². The molecule has 0 radical (unpaired) electrons. The quantitative estimate of drug-likeness (QED) is 0.863. The first-order valence-corrected chi connectivity index (χ1v) is 6.62. The zero-order valence-corrected chi connectivity index (χ0v) is 11.6. The van der Waals surface area contributed by atoms with Crippen LogP contribution in [0.3, 0.4) is 0 Å². The van der Waals surface area contributed by atoms with Gasteiger partial charge in [-0.05, 0) is 20.5 Å².